The highest BCUT2D eigenvalue weighted by atomic mass is 35.5. The third-order valence-electron chi connectivity index (χ3n) is 3.10. The van der Waals surface area contributed by atoms with E-state index in [0.717, 1.165) is 36.8 Å². The Hall–Kier alpha value is -1.33. The lowest BCUT2D eigenvalue weighted by molar-refractivity contribution is -0.0390. The minimum Gasteiger partial charge on any atom is -0.480 e. The first-order chi connectivity index (χ1) is 8.78. The Morgan fingerprint density at radius 1 is 1.50 bits per heavy atom. The molecule has 18 heavy (non-hydrogen) atoms. The standard InChI is InChI=1S/C12H14ClN3O2/c1-17-12-8-7-16(11-4-2-3-5-18-11)15-9(8)6-10(13)14-12/h6-7,11H,2-5H2,1H3. The fourth-order valence-corrected chi connectivity index (χ4v) is 2.39. The van der Waals surface area contributed by atoms with Gasteiger partial charge in [-0.25, -0.2) is 9.67 Å². The van der Waals surface area contributed by atoms with Crippen LogP contribution in [0.5, 0.6) is 5.88 Å². The monoisotopic (exact) mass is 267 g/mol. The largest absolute Gasteiger partial charge is 0.480 e. The Balaban J connectivity index is 2.04. The van der Waals surface area contributed by atoms with Crippen molar-refractivity contribution in [2.75, 3.05) is 13.7 Å². The fraction of sp³-hybridized carbons (Fsp3) is 0.500. The lowest BCUT2D eigenvalue weighted by Crippen LogP contribution is -2.18. The summed E-state index contributed by atoms with van der Waals surface area (Å²) in [5.74, 6) is 0.500. The van der Waals surface area contributed by atoms with E-state index in [-0.39, 0.29) is 6.23 Å². The zero-order valence-corrected chi connectivity index (χ0v) is 10.9. The first-order valence-electron chi connectivity index (χ1n) is 5.99. The zero-order chi connectivity index (χ0) is 12.5. The lowest BCUT2D eigenvalue weighted by Gasteiger charge is -2.22. The molecule has 0 amide bonds. The number of methoxy groups -OCH3 is 1. The summed E-state index contributed by atoms with van der Waals surface area (Å²) in [5, 5.41) is 5.73. The van der Waals surface area contributed by atoms with E-state index in [4.69, 9.17) is 21.1 Å². The average Bonchev–Trinajstić information content (AvgIpc) is 2.82. The molecule has 96 valence electrons. The second kappa shape index (κ2) is 4.74. The summed E-state index contributed by atoms with van der Waals surface area (Å²) in [4.78, 5) is 4.13. The molecule has 2 aromatic rings. The molecule has 1 fully saturated rings. The molecular weight excluding hydrogens is 254 g/mol. The van der Waals surface area contributed by atoms with Crippen LogP contribution in [0.1, 0.15) is 25.5 Å². The molecular formula is C12H14ClN3O2. The van der Waals surface area contributed by atoms with E-state index in [1.165, 1.54) is 0 Å². The minimum absolute atomic E-state index is 0.00892. The van der Waals surface area contributed by atoms with Crippen LogP contribution in [-0.2, 0) is 4.74 Å². The number of ether oxygens (including phenoxy) is 2. The van der Waals surface area contributed by atoms with Crippen molar-refractivity contribution >= 4 is 22.5 Å². The maximum Gasteiger partial charge on any atom is 0.225 e. The molecule has 0 spiro atoms. The number of nitrogens with zero attached hydrogens (tertiary/aromatic N) is 3. The third-order valence-corrected chi connectivity index (χ3v) is 3.29. The molecule has 0 aromatic carbocycles. The van der Waals surface area contributed by atoms with Gasteiger partial charge in [-0.2, -0.15) is 5.10 Å². The molecule has 2 aromatic heterocycles. The van der Waals surface area contributed by atoms with Crippen LogP contribution < -0.4 is 4.74 Å². The molecule has 5 nitrogen and oxygen atoms in total. The van der Waals surface area contributed by atoms with Gasteiger partial charge in [0.05, 0.1) is 12.5 Å². The lowest BCUT2D eigenvalue weighted by atomic mass is 10.2. The fourth-order valence-electron chi connectivity index (χ4n) is 2.21. The second-order valence-corrected chi connectivity index (χ2v) is 4.70. The van der Waals surface area contributed by atoms with Gasteiger partial charge in [0.15, 0.2) is 0 Å². The van der Waals surface area contributed by atoms with Gasteiger partial charge in [-0.1, -0.05) is 11.6 Å². The zero-order valence-electron chi connectivity index (χ0n) is 10.1. The quantitative estimate of drug-likeness (QED) is 0.785. The van der Waals surface area contributed by atoms with Crippen molar-refractivity contribution in [2.45, 2.75) is 25.5 Å². The van der Waals surface area contributed by atoms with Crippen molar-refractivity contribution in [1.29, 1.82) is 0 Å². The molecule has 1 aliphatic heterocycles. The highest BCUT2D eigenvalue weighted by Crippen LogP contribution is 2.29. The van der Waals surface area contributed by atoms with E-state index in [1.807, 2.05) is 10.9 Å². The van der Waals surface area contributed by atoms with Crippen LogP contribution in [-0.4, -0.2) is 28.5 Å². The predicted molar refractivity (Wildman–Crippen MR) is 67.9 cm³/mol. The Kier molecular flexibility index (Phi) is 3.09. The Morgan fingerprint density at radius 2 is 2.39 bits per heavy atom. The molecule has 3 rings (SSSR count). The summed E-state index contributed by atoms with van der Waals surface area (Å²) in [6, 6.07) is 1.73. The van der Waals surface area contributed by atoms with Crippen molar-refractivity contribution in [2.24, 2.45) is 0 Å². The number of aromatic nitrogens is 3. The SMILES string of the molecule is COc1nc(Cl)cc2nn(C3CCCCO3)cc12. The van der Waals surface area contributed by atoms with Crippen LogP contribution in [0.3, 0.4) is 0 Å². The molecule has 1 unspecified atom stereocenters. The van der Waals surface area contributed by atoms with Crippen LogP contribution in [0.15, 0.2) is 12.3 Å². The summed E-state index contributed by atoms with van der Waals surface area (Å²) >= 11 is 5.93. The van der Waals surface area contributed by atoms with Crippen LogP contribution in [0, 0.1) is 0 Å². The number of rotatable bonds is 2. The first-order valence-corrected chi connectivity index (χ1v) is 6.37. The van der Waals surface area contributed by atoms with Crippen LogP contribution in [0.4, 0.5) is 0 Å². The van der Waals surface area contributed by atoms with E-state index in [9.17, 15) is 0 Å². The molecule has 0 radical (unpaired) electrons. The van der Waals surface area contributed by atoms with E-state index in [0.29, 0.717) is 11.0 Å². The average molecular weight is 268 g/mol. The van der Waals surface area contributed by atoms with Gasteiger partial charge < -0.3 is 9.47 Å². The van der Waals surface area contributed by atoms with Gasteiger partial charge in [0, 0.05) is 18.9 Å². The molecule has 1 aliphatic rings. The maximum absolute atomic E-state index is 5.93. The number of halogens is 1. The summed E-state index contributed by atoms with van der Waals surface area (Å²) in [7, 11) is 1.58. The molecule has 0 aliphatic carbocycles. The van der Waals surface area contributed by atoms with Gasteiger partial charge in [0.2, 0.25) is 5.88 Å². The Bertz CT molecular complexity index is 564. The topological polar surface area (TPSA) is 49.2 Å². The van der Waals surface area contributed by atoms with Crippen molar-refractivity contribution < 1.29 is 9.47 Å². The normalized spacial score (nSPS) is 20.2. The van der Waals surface area contributed by atoms with Gasteiger partial charge in [-0.05, 0) is 19.3 Å². The summed E-state index contributed by atoms with van der Waals surface area (Å²) < 4.78 is 12.8. The van der Waals surface area contributed by atoms with Gasteiger partial charge in [-0.3, -0.25) is 0 Å². The second-order valence-electron chi connectivity index (χ2n) is 4.32. The van der Waals surface area contributed by atoms with E-state index >= 15 is 0 Å². The van der Waals surface area contributed by atoms with Gasteiger partial charge in [0.25, 0.3) is 0 Å². The first kappa shape index (κ1) is 11.7. The van der Waals surface area contributed by atoms with Crippen molar-refractivity contribution in [3.63, 3.8) is 0 Å². The number of hydrogen-bond acceptors (Lipinski definition) is 4. The molecule has 0 saturated carbocycles. The van der Waals surface area contributed by atoms with Crippen molar-refractivity contribution in [3.8, 4) is 5.88 Å². The number of hydrogen-bond donors (Lipinski definition) is 0. The van der Waals surface area contributed by atoms with Gasteiger partial charge in [-0.15, -0.1) is 0 Å². The van der Waals surface area contributed by atoms with Crippen molar-refractivity contribution in [3.05, 3.63) is 17.4 Å². The summed E-state index contributed by atoms with van der Waals surface area (Å²) in [5.41, 5.74) is 0.779. The highest BCUT2D eigenvalue weighted by molar-refractivity contribution is 6.30. The maximum atomic E-state index is 5.93. The van der Waals surface area contributed by atoms with E-state index in [1.54, 1.807) is 13.2 Å². The summed E-state index contributed by atoms with van der Waals surface area (Å²) in [6.45, 7) is 0.789. The number of pyridine rings is 1. The Labute approximate surface area is 110 Å². The molecule has 1 atom stereocenters. The molecule has 0 N–H and O–H groups in total. The molecule has 0 bridgehead atoms. The molecule has 3 heterocycles. The minimum atomic E-state index is 0.00892. The molecule has 6 heteroatoms. The third kappa shape index (κ3) is 2.04. The van der Waals surface area contributed by atoms with Crippen LogP contribution in [0.2, 0.25) is 5.15 Å². The number of fused-ring (bicyclic) bond motifs is 1. The molecule has 1 saturated heterocycles. The highest BCUT2D eigenvalue weighted by Gasteiger charge is 2.18. The van der Waals surface area contributed by atoms with Gasteiger partial charge >= 0.3 is 0 Å². The van der Waals surface area contributed by atoms with E-state index < -0.39 is 0 Å². The van der Waals surface area contributed by atoms with Crippen LogP contribution in [0.25, 0.3) is 10.9 Å². The van der Waals surface area contributed by atoms with Crippen molar-refractivity contribution in [1.82, 2.24) is 14.8 Å². The van der Waals surface area contributed by atoms with Gasteiger partial charge in [0.1, 0.15) is 16.9 Å². The smallest absolute Gasteiger partial charge is 0.225 e. The van der Waals surface area contributed by atoms with Crippen LogP contribution >= 0.6 is 11.6 Å². The van der Waals surface area contributed by atoms with E-state index in [2.05, 4.69) is 10.1 Å². The summed E-state index contributed by atoms with van der Waals surface area (Å²) in [6.07, 6.45) is 5.19. The predicted octanol–water partition coefficient (Wildman–Crippen LogP) is 2.79. The Morgan fingerprint density at radius 3 is 3.11 bits per heavy atom.